The molecule has 0 radical (unpaired) electrons. The Morgan fingerprint density at radius 2 is 1.76 bits per heavy atom. The minimum Gasteiger partial charge on any atom is -0.393 e. The summed E-state index contributed by atoms with van der Waals surface area (Å²) in [5.74, 6) is 0.0110. The number of aliphatic hydroxyl groups excluding tert-OH is 1. The summed E-state index contributed by atoms with van der Waals surface area (Å²) in [6.07, 6.45) is 6.74. The normalized spacial score (nSPS) is 18.5. The number of benzene rings is 3. The summed E-state index contributed by atoms with van der Waals surface area (Å²) in [5.41, 5.74) is 6.71. The van der Waals surface area contributed by atoms with Gasteiger partial charge < -0.3 is 9.67 Å². The maximum absolute atomic E-state index is 14.1. The number of carbonyl (C=O) groups excluding carboxylic acids is 1. The third-order valence-corrected chi connectivity index (χ3v) is 12.9. The molecule has 1 spiro atoms. The number of aromatic nitrogens is 1. The fraction of sp³-hybridized carbons (Fsp3) is 0.447. The number of aliphatic hydroxyl groups is 1. The highest BCUT2D eigenvalue weighted by atomic mass is 32.2. The van der Waals surface area contributed by atoms with Crippen LogP contribution in [0, 0.1) is 12.8 Å². The fourth-order valence-corrected chi connectivity index (χ4v) is 9.32. The first-order valence-corrected chi connectivity index (χ1v) is 18.0. The van der Waals surface area contributed by atoms with Crippen LogP contribution >= 0.6 is 0 Å². The largest absolute Gasteiger partial charge is 0.393 e. The van der Waals surface area contributed by atoms with Crippen LogP contribution in [0.25, 0.3) is 10.9 Å². The van der Waals surface area contributed by atoms with Crippen LogP contribution < -0.4 is 4.31 Å². The van der Waals surface area contributed by atoms with E-state index in [1.807, 2.05) is 24.3 Å². The van der Waals surface area contributed by atoms with E-state index in [1.165, 1.54) is 15.4 Å². The quantitative estimate of drug-likeness (QED) is 0.164. The number of nitrogens with zero attached hydrogens (tertiary/aromatic N) is 2. The number of Topliss-reactive ketones (excluding diaryl/α,β-unsaturated/α-hetero) is 1. The topological polar surface area (TPSA) is 79.6 Å². The number of ketones is 1. The van der Waals surface area contributed by atoms with Crippen molar-refractivity contribution in [2.75, 3.05) is 11.4 Å². The number of anilines is 1. The summed E-state index contributed by atoms with van der Waals surface area (Å²) in [4.78, 5) is 14.1. The number of sulfonamides is 1. The van der Waals surface area contributed by atoms with E-state index in [0.29, 0.717) is 49.4 Å². The molecule has 3 aromatic carbocycles. The highest BCUT2D eigenvalue weighted by molar-refractivity contribution is 7.94. The van der Waals surface area contributed by atoms with Crippen molar-refractivity contribution in [2.45, 2.75) is 95.5 Å². The molecule has 0 bridgehead atoms. The first-order valence-electron chi connectivity index (χ1n) is 16.5. The second-order valence-electron chi connectivity index (χ2n) is 13.4. The van der Waals surface area contributed by atoms with Crippen LogP contribution in [0.15, 0.2) is 72.9 Å². The summed E-state index contributed by atoms with van der Waals surface area (Å²) < 4.78 is 30.2. The molecule has 1 fully saturated rings. The maximum atomic E-state index is 14.1. The van der Waals surface area contributed by atoms with Gasteiger partial charge in [0.15, 0.2) is 5.78 Å². The zero-order valence-corrected chi connectivity index (χ0v) is 27.8. The van der Waals surface area contributed by atoms with Crippen LogP contribution in [0.3, 0.4) is 0 Å². The molecule has 0 amide bonds. The van der Waals surface area contributed by atoms with E-state index in [2.05, 4.69) is 67.9 Å². The molecule has 1 N–H and O–H groups in total. The van der Waals surface area contributed by atoms with E-state index in [-0.39, 0.29) is 18.1 Å². The van der Waals surface area contributed by atoms with Crippen LogP contribution in [0.4, 0.5) is 5.69 Å². The van der Waals surface area contributed by atoms with E-state index < -0.39 is 20.9 Å². The summed E-state index contributed by atoms with van der Waals surface area (Å²) in [6.45, 7) is 6.84. The third-order valence-electron chi connectivity index (χ3n) is 10.4. The van der Waals surface area contributed by atoms with Crippen molar-refractivity contribution in [3.05, 3.63) is 101 Å². The van der Waals surface area contributed by atoms with Gasteiger partial charge >= 0.3 is 0 Å². The van der Waals surface area contributed by atoms with Crippen LogP contribution in [0.5, 0.6) is 0 Å². The van der Waals surface area contributed by atoms with Crippen LogP contribution in [0.1, 0.15) is 90.9 Å². The molecular formula is C38H46N2O4S. The number of rotatable bonds is 12. The van der Waals surface area contributed by atoms with Gasteiger partial charge in [0.2, 0.25) is 10.0 Å². The lowest BCUT2D eigenvalue weighted by Crippen LogP contribution is -2.38. The maximum Gasteiger partial charge on any atom is 0.242 e. The van der Waals surface area contributed by atoms with Crippen molar-refractivity contribution in [2.24, 2.45) is 5.92 Å². The molecule has 6 rings (SSSR count). The molecule has 1 aliphatic carbocycles. The zero-order valence-electron chi connectivity index (χ0n) is 27.0. The monoisotopic (exact) mass is 626 g/mol. The third kappa shape index (κ3) is 5.97. The number of hydrogen-bond acceptors (Lipinski definition) is 4. The van der Waals surface area contributed by atoms with Crippen molar-refractivity contribution in [3.63, 3.8) is 0 Å². The van der Waals surface area contributed by atoms with E-state index in [9.17, 15) is 18.3 Å². The Bertz CT molecular complexity index is 1810. The van der Waals surface area contributed by atoms with Gasteiger partial charge in [-0.2, -0.15) is 0 Å². The van der Waals surface area contributed by atoms with Crippen molar-refractivity contribution in [1.29, 1.82) is 0 Å². The fourth-order valence-electron chi connectivity index (χ4n) is 7.42. The Morgan fingerprint density at radius 1 is 1.00 bits per heavy atom. The lowest BCUT2D eigenvalue weighted by Gasteiger charge is -2.26. The molecule has 7 heteroatoms. The Morgan fingerprint density at radius 3 is 2.42 bits per heavy atom. The Balaban J connectivity index is 1.30. The van der Waals surface area contributed by atoms with Gasteiger partial charge in [-0.3, -0.25) is 9.10 Å². The predicted molar refractivity (Wildman–Crippen MR) is 183 cm³/mol. The zero-order chi connectivity index (χ0) is 31.9. The molecule has 1 aliphatic heterocycles. The Hall–Kier alpha value is -3.42. The van der Waals surface area contributed by atoms with Crippen LogP contribution in [-0.2, 0) is 29.4 Å². The van der Waals surface area contributed by atoms with Gasteiger partial charge in [-0.25, -0.2) is 8.42 Å². The molecule has 6 nitrogen and oxygen atoms in total. The molecule has 45 heavy (non-hydrogen) atoms. The van der Waals surface area contributed by atoms with Gasteiger partial charge in [0.05, 0.1) is 17.3 Å². The van der Waals surface area contributed by atoms with Crippen LogP contribution in [-0.4, -0.2) is 41.8 Å². The van der Waals surface area contributed by atoms with Crippen molar-refractivity contribution < 1.29 is 18.3 Å². The molecule has 0 unspecified atom stereocenters. The average Bonchev–Trinajstić information content (AvgIpc) is 3.76. The van der Waals surface area contributed by atoms with Crippen molar-refractivity contribution in [1.82, 2.24) is 4.57 Å². The number of carbonyl (C=O) groups is 1. The summed E-state index contributed by atoms with van der Waals surface area (Å²) in [5, 5.41) is 12.6. The Labute approximate surface area is 268 Å². The molecule has 3 atom stereocenters. The molecule has 238 valence electrons. The first kappa shape index (κ1) is 31.6. The first-order chi connectivity index (χ1) is 21.6. The van der Waals surface area contributed by atoms with Crippen LogP contribution in [0.2, 0.25) is 0 Å². The minimum atomic E-state index is -3.57. The lowest BCUT2D eigenvalue weighted by molar-refractivity contribution is 0.0737. The Kier molecular flexibility index (Phi) is 8.70. The highest BCUT2D eigenvalue weighted by Crippen LogP contribution is 2.51. The van der Waals surface area contributed by atoms with E-state index in [1.54, 1.807) is 13.1 Å². The van der Waals surface area contributed by atoms with Gasteiger partial charge in [-0.15, -0.1) is 0 Å². The van der Waals surface area contributed by atoms with Gasteiger partial charge in [0.25, 0.3) is 0 Å². The van der Waals surface area contributed by atoms with Gasteiger partial charge in [-0.1, -0.05) is 74.0 Å². The van der Waals surface area contributed by atoms with Gasteiger partial charge in [0.1, 0.15) is 4.75 Å². The molecular weight excluding hydrogens is 580 g/mol. The molecule has 0 saturated heterocycles. The summed E-state index contributed by atoms with van der Waals surface area (Å²) >= 11 is 0. The predicted octanol–water partition coefficient (Wildman–Crippen LogP) is 7.59. The smallest absolute Gasteiger partial charge is 0.242 e. The summed E-state index contributed by atoms with van der Waals surface area (Å²) in [6, 6.07) is 22.4. The molecule has 2 aliphatic rings. The standard InChI is InChI=1S/C38H46N2O4S/c1-5-28(30-14-10-11-26(3)19-30)15-16-35(41)31(20-27-12-8-7-9-13-27)23-36(42)32-21-33-29(6-2)24-40-25-38(17-18-38)45(43,44)39(4)34(22-32)37(33)40/h7-14,19,21-22,24,28,31,35,41H,5-6,15-18,20,23,25H2,1-4H3/t28-,31+,35+/m0/s1. The van der Waals surface area contributed by atoms with Crippen molar-refractivity contribution >= 4 is 32.4 Å². The second-order valence-corrected chi connectivity index (χ2v) is 15.8. The van der Waals surface area contributed by atoms with Gasteiger partial charge in [0, 0.05) is 37.2 Å². The lowest BCUT2D eigenvalue weighted by atomic mass is 9.83. The van der Waals surface area contributed by atoms with Gasteiger partial charge in [-0.05, 0) is 92.5 Å². The number of aryl methyl sites for hydroxylation is 2. The molecule has 1 aromatic heterocycles. The highest BCUT2D eigenvalue weighted by Gasteiger charge is 2.58. The van der Waals surface area contributed by atoms with E-state index in [0.717, 1.165) is 41.3 Å². The van der Waals surface area contributed by atoms with Crippen molar-refractivity contribution in [3.8, 4) is 0 Å². The summed E-state index contributed by atoms with van der Waals surface area (Å²) in [7, 11) is -1.94. The van der Waals surface area contributed by atoms with E-state index in [4.69, 9.17) is 0 Å². The number of hydrogen-bond donors (Lipinski definition) is 1. The average molecular weight is 627 g/mol. The molecule has 2 heterocycles. The SMILES string of the molecule is CCc1cn2c3c(cc(C(=O)C[C@@H](Cc4ccccc4)[C@H](O)CC[C@H](CC)c4cccc(C)c4)cc13)N(C)S(=O)(=O)C1(CC1)C2. The minimum absolute atomic E-state index is 0.0650. The van der Waals surface area contributed by atoms with E-state index >= 15 is 0 Å². The molecule has 1 saturated carbocycles. The second kappa shape index (κ2) is 12.4. The molecule has 4 aromatic rings.